The molecule has 0 amide bonds. The van der Waals surface area contributed by atoms with E-state index in [-0.39, 0.29) is 5.92 Å². The Bertz CT molecular complexity index is 590. The van der Waals surface area contributed by atoms with E-state index in [0.29, 0.717) is 0 Å². The molecule has 4 nitrogen and oxygen atoms in total. The lowest BCUT2D eigenvalue weighted by Gasteiger charge is -2.29. The zero-order chi connectivity index (χ0) is 13.2. The number of hydrogen-bond acceptors (Lipinski definition) is 3. The van der Waals surface area contributed by atoms with Crippen molar-refractivity contribution in [2.75, 3.05) is 13.1 Å². The van der Waals surface area contributed by atoms with E-state index in [4.69, 9.17) is 4.98 Å². The first kappa shape index (κ1) is 12.4. The highest BCUT2D eigenvalue weighted by molar-refractivity contribution is 5.75. The van der Waals surface area contributed by atoms with Crippen molar-refractivity contribution in [3.8, 4) is 0 Å². The van der Waals surface area contributed by atoms with E-state index in [0.717, 1.165) is 50.1 Å². The maximum atomic E-state index is 10.9. The zero-order valence-electron chi connectivity index (χ0n) is 11.2. The van der Waals surface area contributed by atoms with Crippen LogP contribution in [0.25, 0.3) is 11.0 Å². The van der Waals surface area contributed by atoms with Crippen molar-refractivity contribution in [2.24, 2.45) is 13.0 Å². The molecule has 100 valence electrons. The van der Waals surface area contributed by atoms with Crippen LogP contribution in [0.1, 0.15) is 18.7 Å². The minimum atomic E-state index is 0.198. The molecule has 0 aliphatic carbocycles. The number of nitrogens with zero attached hydrogens (tertiary/aromatic N) is 3. The van der Waals surface area contributed by atoms with Crippen LogP contribution < -0.4 is 0 Å². The normalized spacial score (nSPS) is 20.8. The zero-order valence-corrected chi connectivity index (χ0v) is 11.2. The van der Waals surface area contributed by atoms with Crippen LogP contribution in [0.4, 0.5) is 0 Å². The van der Waals surface area contributed by atoms with Crippen molar-refractivity contribution in [1.29, 1.82) is 0 Å². The summed E-state index contributed by atoms with van der Waals surface area (Å²) in [5.41, 5.74) is 2.21. The number of hydrogen-bond donors (Lipinski definition) is 0. The molecule has 0 spiro atoms. The van der Waals surface area contributed by atoms with Crippen molar-refractivity contribution in [1.82, 2.24) is 14.5 Å². The minimum Gasteiger partial charge on any atom is -0.330 e. The maximum Gasteiger partial charge on any atom is 0.124 e. The van der Waals surface area contributed by atoms with Crippen LogP contribution in [0.15, 0.2) is 24.3 Å². The van der Waals surface area contributed by atoms with E-state index in [1.165, 1.54) is 5.52 Å². The van der Waals surface area contributed by atoms with Gasteiger partial charge >= 0.3 is 0 Å². The molecule has 1 fully saturated rings. The average Bonchev–Trinajstić information content (AvgIpc) is 2.76. The van der Waals surface area contributed by atoms with E-state index < -0.39 is 0 Å². The Morgan fingerprint density at radius 3 is 3.05 bits per heavy atom. The van der Waals surface area contributed by atoms with Crippen LogP contribution in [0.5, 0.6) is 0 Å². The summed E-state index contributed by atoms with van der Waals surface area (Å²) in [5, 5.41) is 0. The fourth-order valence-corrected chi connectivity index (χ4v) is 2.88. The van der Waals surface area contributed by atoms with Crippen LogP contribution in [0.3, 0.4) is 0 Å². The smallest absolute Gasteiger partial charge is 0.124 e. The summed E-state index contributed by atoms with van der Waals surface area (Å²) in [6.07, 6.45) is 3.23. The standard InChI is InChI=1S/C15H19N3O/c1-17-14-7-3-2-6-13(14)16-15(17)10-18-8-4-5-12(9-18)11-19/h2-3,6-7,11-12H,4-5,8-10H2,1H3/t12-/m1/s1. The van der Waals surface area contributed by atoms with E-state index >= 15 is 0 Å². The van der Waals surface area contributed by atoms with E-state index in [1.54, 1.807) is 0 Å². The van der Waals surface area contributed by atoms with E-state index in [2.05, 4.69) is 22.6 Å². The van der Waals surface area contributed by atoms with Crippen molar-refractivity contribution < 1.29 is 4.79 Å². The van der Waals surface area contributed by atoms with Gasteiger partial charge in [0.2, 0.25) is 0 Å². The van der Waals surface area contributed by atoms with Crippen LogP contribution >= 0.6 is 0 Å². The van der Waals surface area contributed by atoms with E-state index in [9.17, 15) is 4.79 Å². The number of imidazole rings is 1. The Morgan fingerprint density at radius 1 is 1.42 bits per heavy atom. The molecule has 0 saturated carbocycles. The first-order valence-corrected chi connectivity index (χ1v) is 6.86. The van der Waals surface area contributed by atoms with Crippen molar-refractivity contribution in [2.45, 2.75) is 19.4 Å². The van der Waals surface area contributed by atoms with Gasteiger partial charge in [0.1, 0.15) is 12.1 Å². The lowest BCUT2D eigenvalue weighted by Crippen LogP contribution is -2.36. The highest BCUT2D eigenvalue weighted by Gasteiger charge is 2.20. The molecule has 0 radical (unpaired) electrons. The van der Waals surface area contributed by atoms with Gasteiger partial charge in [-0.15, -0.1) is 0 Å². The summed E-state index contributed by atoms with van der Waals surface area (Å²) in [6.45, 7) is 2.76. The first-order valence-electron chi connectivity index (χ1n) is 6.86. The molecule has 3 rings (SSSR count). The number of likely N-dealkylation sites (tertiary alicyclic amines) is 1. The Labute approximate surface area is 113 Å². The molecule has 1 aromatic carbocycles. The second kappa shape index (κ2) is 5.13. The lowest BCUT2D eigenvalue weighted by molar-refractivity contribution is -0.112. The van der Waals surface area contributed by atoms with Gasteiger partial charge in [0.15, 0.2) is 0 Å². The van der Waals surface area contributed by atoms with Gasteiger partial charge in [-0.2, -0.15) is 0 Å². The highest BCUT2D eigenvalue weighted by atomic mass is 16.1. The fraction of sp³-hybridized carbons (Fsp3) is 0.467. The number of aryl methyl sites for hydroxylation is 1. The van der Waals surface area contributed by atoms with Crippen LogP contribution in [-0.2, 0) is 18.4 Å². The Morgan fingerprint density at radius 2 is 2.26 bits per heavy atom. The summed E-state index contributed by atoms with van der Waals surface area (Å²) >= 11 is 0. The van der Waals surface area contributed by atoms with Crippen molar-refractivity contribution in [3.63, 3.8) is 0 Å². The van der Waals surface area contributed by atoms with Gasteiger partial charge < -0.3 is 9.36 Å². The Balaban J connectivity index is 1.81. The summed E-state index contributed by atoms with van der Waals surface area (Å²) in [5.74, 6) is 1.27. The van der Waals surface area contributed by atoms with Gasteiger partial charge in [0, 0.05) is 19.5 Å². The topological polar surface area (TPSA) is 38.1 Å². The van der Waals surface area contributed by atoms with Crippen LogP contribution in [-0.4, -0.2) is 33.8 Å². The number of carbonyl (C=O) groups is 1. The number of para-hydroxylation sites is 2. The number of carbonyl (C=O) groups excluding carboxylic acids is 1. The van der Waals surface area contributed by atoms with Crippen LogP contribution in [0, 0.1) is 5.92 Å². The molecule has 4 heteroatoms. The number of fused-ring (bicyclic) bond motifs is 1. The molecular formula is C15H19N3O. The summed E-state index contributed by atoms with van der Waals surface area (Å²) in [7, 11) is 2.06. The molecule has 2 heterocycles. The molecule has 19 heavy (non-hydrogen) atoms. The Kier molecular flexibility index (Phi) is 3.34. The third kappa shape index (κ3) is 2.40. The summed E-state index contributed by atoms with van der Waals surface area (Å²) < 4.78 is 2.15. The summed E-state index contributed by atoms with van der Waals surface area (Å²) in [4.78, 5) is 17.9. The molecule has 0 unspecified atom stereocenters. The highest BCUT2D eigenvalue weighted by Crippen LogP contribution is 2.19. The second-order valence-corrected chi connectivity index (χ2v) is 5.35. The molecular weight excluding hydrogens is 238 g/mol. The van der Waals surface area contributed by atoms with Gasteiger partial charge in [0.05, 0.1) is 17.6 Å². The quantitative estimate of drug-likeness (QED) is 0.789. The third-order valence-corrected chi connectivity index (χ3v) is 3.98. The van der Waals surface area contributed by atoms with Gasteiger partial charge in [-0.1, -0.05) is 12.1 Å². The van der Waals surface area contributed by atoms with Crippen molar-refractivity contribution >= 4 is 17.3 Å². The molecule has 0 bridgehead atoms. The molecule has 1 atom stereocenters. The largest absolute Gasteiger partial charge is 0.330 e. The predicted octanol–water partition coefficient (Wildman–Crippen LogP) is 1.98. The molecule has 2 aromatic rings. The van der Waals surface area contributed by atoms with Gasteiger partial charge in [-0.05, 0) is 31.5 Å². The van der Waals surface area contributed by atoms with Gasteiger partial charge in [0.25, 0.3) is 0 Å². The monoisotopic (exact) mass is 257 g/mol. The second-order valence-electron chi connectivity index (χ2n) is 5.35. The number of benzene rings is 1. The van der Waals surface area contributed by atoms with E-state index in [1.807, 2.05) is 18.2 Å². The Hall–Kier alpha value is -1.68. The predicted molar refractivity (Wildman–Crippen MR) is 74.8 cm³/mol. The third-order valence-electron chi connectivity index (χ3n) is 3.98. The van der Waals surface area contributed by atoms with Crippen LogP contribution in [0.2, 0.25) is 0 Å². The molecule has 1 aliphatic rings. The lowest BCUT2D eigenvalue weighted by atomic mass is 10.00. The van der Waals surface area contributed by atoms with Gasteiger partial charge in [-0.3, -0.25) is 4.90 Å². The average molecular weight is 257 g/mol. The SMILES string of the molecule is Cn1c(CN2CCC[C@@H](C=O)C2)nc2ccccc21. The number of piperidine rings is 1. The van der Waals surface area contributed by atoms with Crippen molar-refractivity contribution in [3.05, 3.63) is 30.1 Å². The fourth-order valence-electron chi connectivity index (χ4n) is 2.88. The summed E-state index contributed by atoms with van der Waals surface area (Å²) in [6, 6.07) is 8.19. The minimum absolute atomic E-state index is 0.198. The molecule has 0 N–H and O–H groups in total. The number of rotatable bonds is 3. The molecule has 1 aliphatic heterocycles. The number of aromatic nitrogens is 2. The maximum absolute atomic E-state index is 10.9. The molecule has 1 saturated heterocycles. The van der Waals surface area contributed by atoms with Gasteiger partial charge in [-0.25, -0.2) is 4.98 Å². The number of aldehydes is 1. The first-order chi connectivity index (χ1) is 9.28. The molecule has 1 aromatic heterocycles.